The molecule has 5 rings (SSSR count). The Bertz CT molecular complexity index is 2010. The lowest BCUT2D eigenvalue weighted by atomic mass is 10.0. The monoisotopic (exact) mass is 693 g/mol. The summed E-state index contributed by atoms with van der Waals surface area (Å²) in [6, 6.07) is 27.7. The lowest BCUT2D eigenvalue weighted by Gasteiger charge is -2.24. The number of aliphatic carboxylic acids is 1. The standard InChI is InChI=1S/C41H44ClN3O5/c1-4-7-19-37-43-35-22-21-31(44(38(46)14-6-3)26-28-15-9-8-10-16-28)25-33(35)40(47)45(37)27-29-20-23-36(30(24-29)13-5-2)50-39(41(48)49)32-17-11-12-18-34(32)42/h8-12,15-18,20-25,39H,4-7,13-14,19,26-27H2,1-3H3,(H,48,49). The molecule has 0 aliphatic heterocycles. The lowest BCUT2D eigenvalue weighted by Crippen LogP contribution is -2.31. The van der Waals surface area contributed by atoms with Crippen molar-refractivity contribution in [1.82, 2.24) is 9.55 Å². The predicted molar refractivity (Wildman–Crippen MR) is 199 cm³/mol. The van der Waals surface area contributed by atoms with E-state index < -0.39 is 12.1 Å². The van der Waals surface area contributed by atoms with Crippen LogP contribution in [-0.4, -0.2) is 26.5 Å². The highest BCUT2D eigenvalue weighted by molar-refractivity contribution is 6.31. The first kappa shape index (κ1) is 36.3. The van der Waals surface area contributed by atoms with Gasteiger partial charge in [0.25, 0.3) is 5.56 Å². The lowest BCUT2D eigenvalue weighted by molar-refractivity contribution is -0.145. The molecule has 1 unspecified atom stereocenters. The molecule has 50 heavy (non-hydrogen) atoms. The molecule has 260 valence electrons. The van der Waals surface area contributed by atoms with Crippen molar-refractivity contribution in [3.63, 3.8) is 0 Å². The second-order valence-corrected chi connectivity index (χ2v) is 12.9. The number of halogens is 1. The van der Waals surface area contributed by atoms with Crippen molar-refractivity contribution in [2.75, 3.05) is 4.90 Å². The maximum Gasteiger partial charge on any atom is 0.349 e. The summed E-state index contributed by atoms with van der Waals surface area (Å²) < 4.78 is 7.84. The van der Waals surface area contributed by atoms with Crippen LogP contribution in [0.2, 0.25) is 5.02 Å². The summed E-state index contributed by atoms with van der Waals surface area (Å²) in [5.74, 6) is 0.00593. The number of hydrogen-bond acceptors (Lipinski definition) is 5. The third kappa shape index (κ3) is 8.61. The van der Waals surface area contributed by atoms with E-state index in [1.165, 1.54) is 0 Å². The number of nitrogens with zero attached hydrogens (tertiary/aromatic N) is 3. The van der Waals surface area contributed by atoms with Crippen LogP contribution in [-0.2, 0) is 35.5 Å². The number of carbonyl (C=O) groups excluding carboxylic acids is 1. The van der Waals surface area contributed by atoms with Gasteiger partial charge in [-0.05, 0) is 66.3 Å². The number of aromatic nitrogens is 2. The SMILES string of the molecule is CCCCc1nc2ccc(N(Cc3ccccc3)C(=O)CCC)cc2c(=O)n1Cc1ccc(OC(C(=O)O)c2ccccc2Cl)c(CCC)c1. The van der Waals surface area contributed by atoms with Crippen LogP contribution in [0.3, 0.4) is 0 Å². The largest absolute Gasteiger partial charge is 0.478 e. The van der Waals surface area contributed by atoms with Crippen LogP contribution in [0.15, 0.2) is 95.8 Å². The maximum atomic E-state index is 14.3. The molecule has 4 aromatic carbocycles. The van der Waals surface area contributed by atoms with E-state index in [1.54, 1.807) is 45.9 Å². The Kier molecular flexibility index (Phi) is 12.4. The Morgan fingerprint density at radius 3 is 2.34 bits per heavy atom. The Balaban J connectivity index is 1.54. The molecule has 0 spiro atoms. The first-order valence-corrected chi connectivity index (χ1v) is 17.7. The minimum Gasteiger partial charge on any atom is -0.478 e. The smallest absolute Gasteiger partial charge is 0.349 e. The fraction of sp³-hybridized carbons (Fsp3) is 0.317. The number of amides is 1. The Morgan fingerprint density at radius 1 is 0.880 bits per heavy atom. The van der Waals surface area contributed by atoms with Gasteiger partial charge >= 0.3 is 5.97 Å². The summed E-state index contributed by atoms with van der Waals surface area (Å²) in [5.41, 5.74) is 4.16. The quantitative estimate of drug-likeness (QED) is 0.111. The molecule has 5 aromatic rings. The van der Waals surface area contributed by atoms with Crippen LogP contribution in [0.25, 0.3) is 10.9 Å². The third-order valence-electron chi connectivity index (χ3n) is 8.67. The van der Waals surface area contributed by atoms with Gasteiger partial charge in [-0.2, -0.15) is 0 Å². The van der Waals surface area contributed by atoms with Crippen molar-refractivity contribution in [1.29, 1.82) is 0 Å². The van der Waals surface area contributed by atoms with E-state index in [0.717, 1.165) is 36.0 Å². The number of ether oxygens (including phenoxy) is 1. The molecular weight excluding hydrogens is 650 g/mol. The molecule has 0 fully saturated rings. The minimum absolute atomic E-state index is 0.00557. The van der Waals surface area contributed by atoms with Crippen LogP contribution >= 0.6 is 11.6 Å². The molecule has 0 aliphatic carbocycles. The first-order chi connectivity index (χ1) is 24.2. The summed E-state index contributed by atoms with van der Waals surface area (Å²) in [5, 5.41) is 10.8. The van der Waals surface area contributed by atoms with E-state index in [2.05, 4.69) is 6.92 Å². The highest BCUT2D eigenvalue weighted by Gasteiger charge is 2.26. The van der Waals surface area contributed by atoms with Crippen molar-refractivity contribution in [2.24, 2.45) is 0 Å². The van der Waals surface area contributed by atoms with E-state index in [9.17, 15) is 19.5 Å². The molecule has 1 aromatic heterocycles. The number of carboxylic acids is 1. The molecule has 1 heterocycles. The number of unbranched alkanes of at least 4 members (excludes halogenated alkanes) is 1. The molecule has 0 radical (unpaired) electrons. The summed E-state index contributed by atoms with van der Waals surface area (Å²) in [4.78, 5) is 46.7. The second-order valence-electron chi connectivity index (χ2n) is 12.5. The molecular formula is C41H44ClN3O5. The van der Waals surface area contributed by atoms with Crippen LogP contribution in [0.5, 0.6) is 5.75 Å². The van der Waals surface area contributed by atoms with Crippen LogP contribution in [0, 0.1) is 0 Å². The van der Waals surface area contributed by atoms with Crippen LogP contribution < -0.4 is 15.2 Å². The number of fused-ring (bicyclic) bond motifs is 1. The zero-order valence-electron chi connectivity index (χ0n) is 28.9. The van der Waals surface area contributed by atoms with Gasteiger partial charge in [0.2, 0.25) is 12.0 Å². The average molecular weight is 694 g/mol. The highest BCUT2D eigenvalue weighted by atomic mass is 35.5. The first-order valence-electron chi connectivity index (χ1n) is 17.4. The molecule has 0 saturated heterocycles. The van der Waals surface area contributed by atoms with Crippen LogP contribution in [0.4, 0.5) is 5.69 Å². The molecule has 0 saturated carbocycles. The minimum atomic E-state index is -1.28. The summed E-state index contributed by atoms with van der Waals surface area (Å²) in [7, 11) is 0. The maximum absolute atomic E-state index is 14.3. The molecule has 8 nitrogen and oxygen atoms in total. The zero-order chi connectivity index (χ0) is 35.6. The van der Waals surface area contributed by atoms with Gasteiger partial charge in [0.05, 0.1) is 24.0 Å². The fourth-order valence-electron chi connectivity index (χ4n) is 6.10. The van der Waals surface area contributed by atoms with Crippen LogP contribution in [0.1, 0.15) is 87.1 Å². The van der Waals surface area contributed by atoms with E-state index in [0.29, 0.717) is 71.0 Å². The van der Waals surface area contributed by atoms with Gasteiger partial charge in [-0.15, -0.1) is 0 Å². The molecule has 0 aliphatic rings. The third-order valence-corrected chi connectivity index (χ3v) is 9.02. The topological polar surface area (TPSA) is 102 Å². The normalized spacial score (nSPS) is 11.8. The van der Waals surface area contributed by atoms with Gasteiger partial charge in [-0.25, -0.2) is 9.78 Å². The second kappa shape index (κ2) is 17.1. The molecule has 1 amide bonds. The summed E-state index contributed by atoms with van der Waals surface area (Å²) in [6.07, 6.45) is 3.75. The van der Waals surface area contributed by atoms with E-state index >= 15 is 0 Å². The van der Waals surface area contributed by atoms with Crippen molar-refractivity contribution < 1.29 is 19.4 Å². The summed E-state index contributed by atoms with van der Waals surface area (Å²) >= 11 is 6.34. The number of carboxylic acid groups (broad SMARTS) is 1. The van der Waals surface area contributed by atoms with E-state index in [-0.39, 0.29) is 18.0 Å². The molecule has 0 bridgehead atoms. The molecule has 1 N–H and O–H groups in total. The Morgan fingerprint density at radius 2 is 1.64 bits per heavy atom. The van der Waals surface area contributed by atoms with E-state index in [4.69, 9.17) is 21.3 Å². The van der Waals surface area contributed by atoms with Crippen molar-refractivity contribution in [3.8, 4) is 5.75 Å². The number of anilines is 1. The Labute approximate surface area is 298 Å². The fourth-order valence-corrected chi connectivity index (χ4v) is 6.34. The van der Waals surface area contributed by atoms with Gasteiger partial charge in [0.1, 0.15) is 11.6 Å². The summed E-state index contributed by atoms with van der Waals surface area (Å²) in [6.45, 7) is 6.80. The van der Waals surface area contributed by atoms with Crippen molar-refractivity contribution in [2.45, 2.75) is 84.9 Å². The van der Waals surface area contributed by atoms with E-state index in [1.807, 2.05) is 68.4 Å². The Hall–Kier alpha value is -4.95. The average Bonchev–Trinajstić information content (AvgIpc) is 3.11. The zero-order valence-corrected chi connectivity index (χ0v) is 29.7. The van der Waals surface area contributed by atoms with Crippen molar-refractivity contribution >= 4 is 40.1 Å². The number of aryl methyl sites for hydroxylation is 2. The molecule has 1 atom stereocenters. The highest BCUT2D eigenvalue weighted by Crippen LogP contribution is 2.31. The predicted octanol–water partition coefficient (Wildman–Crippen LogP) is 8.93. The van der Waals surface area contributed by atoms with Gasteiger partial charge in [-0.3, -0.25) is 14.2 Å². The molecule has 9 heteroatoms. The van der Waals surface area contributed by atoms with Gasteiger partial charge in [-0.1, -0.05) is 106 Å². The van der Waals surface area contributed by atoms with Crippen molar-refractivity contribution in [3.05, 3.63) is 134 Å². The van der Waals surface area contributed by atoms with Gasteiger partial charge in [0.15, 0.2) is 0 Å². The van der Waals surface area contributed by atoms with Gasteiger partial charge in [0, 0.05) is 29.1 Å². The number of hydrogen-bond donors (Lipinski definition) is 1. The number of carbonyl (C=O) groups is 2. The number of rotatable bonds is 16. The number of benzene rings is 4. The van der Waals surface area contributed by atoms with Gasteiger partial charge < -0.3 is 14.7 Å².